The Labute approximate surface area is 132 Å². The molecule has 4 N–H and O–H groups in total. The summed E-state index contributed by atoms with van der Waals surface area (Å²) in [5.74, 6) is -4.00. The standard InChI is InChI=1S/C10H17N3O6SSe/c11-5(10(18)19)1-2-7(14)13-6(4-20-21)9(17)12-3-8(15)16/h5-6,21H,1-4,11H2,(H,12,17)(H,13,14)(H,15,16)(H,18,19)/p-3/t5-,6-/m0/s1. The number of carbonyl (C=O) groups excluding carboxylic acids is 4. The molecule has 0 saturated heterocycles. The average molecular weight is 383 g/mol. The fourth-order valence-corrected chi connectivity index (χ4v) is 2.43. The van der Waals surface area contributed by atoms with Crippen molar-refractivity contribution in [2.24, 2.45) is 5.73 Å². The van der Waals surface area contributed by atoms with Crippen LogP contribution in [0.1, 0.15) is 12.8 Å². The summed E-state index contributed by atoms with van der Waals surface area (Å²) in [6, 6.07) is -2.22. The van der Waals surface area contributed by atoms with Crippen LogP contribution in [0.2, 0.25) is 0 Å². The summed E-state index contributed by atoms with van der Waals surface area (Å²) >= 11 is 2.58. The molecular formula is C10H14N3O6SSe-3. The number of hydrogen-bond acceptors (Lipinski definition) is 8. The topological polar surface area (TPSA) is 164 Å². The van der Waals surface area contributed by atoms with Crippen LogP contribution in [-0.2, 0) is 19.2 Å². The third-order valence-corrected chi connectivity index (χ3v) is 3.60. The molecule has 0 aromatic rings. The molecule has 0 aliphatic heterocycles. The number of nitrogens with one attached hydrogen (secondary N) is 2. The van der Waals surface area contributed by atoms with Gasteiger partial charge in [0.2, 0.25) is 0 Å². The van der Waals surface area contributed by atoms with Gasteiger partial charge in [-0.3, -0.25) is 0 Å². The summed E-state index contributed by atoms with van der Waals surface area (Å²) in [6.45, 7) is -0.668. The Morgan fingerprint density at radius 3 is 2.33 bits per heavy atom. The molecule has 2 atom stereocenters. The molecule has 0 bridgehead atoms. The second kappa shape index (κ2) is 10.4. The SMILES string of the molecule is N[C@@H](CCC(=O)N[C@@H](CS[Se-])C(=O)NCC(=O)[O-])C(=O)[O-]. The van der Waals surface area contributed by atoms with Crippen molar-refractivity contribution in [3.8, 4) is 0 Å². The van der Waals surface area contributed by atoms with Gasteiger partial charge in [-0.2, -0.15) is 0 Å². The monoisotopic (exact) mass is 384 g/mol. The quantitative estimate of drug-likeness (QED) is 0.316. The van der Waals surface area contributed by atoms with Gasteiger partial charge >= 0.3 is 132 Å². The molecule has 0 aliphatic rings. The molecule has 0 aliphatic carbocycles. The molecule has 0 saturated carbocycles. The van der Waals surface area contributed by atoms with Gasteiger partial charge in [0.25, 0.3) is 0 Å². The van der Waals surface area contributed by atoms with Crippen LogP contribution in [0.3, 0.4) is 0 Å². The second-order valence-electron chi connectivity index (χ2n) is 3.96. The number of amides is 2. The molecule has 2 amide bonds. The molecule has 0 fully saturated rings. The fraction of sp³-hybridized carbons (Fsp3) is 0.600. The van der Waals surface area contributed by atoms with Gasteiger partial charge in [0.05, 0.1) is 0 Å². The molecule has 0 aromatic carbocycles. The molecule has 0 rings (SSSR count). The van der Waals surface area contributed by atoms with Gasteiger partial charge in [-0.1, -0.05) is 0 Å². The Hall–Kier alpha value is -1.29. The molecule has 0 unspecified atom stereocenters. The predicted octanol–water partition coefficient (Wildman–Crippen LogP) is -4.99. The fourth-order valence-electron chi connectivity index (χ4n) is 1.20. The van der Waals surface area contributed by atoms with Crippen LogP contribution in [0.15, 0.2) is 0 Å². The van der Waals surface area contributed by atoms with Crippen LogP contribution in [0.5, 0.6) is 0 Å². The van der Waals surface area contributed by atoms with Crippen LogP contribution < -0.4 is 26.6 Å². The minimum absolute atomic E-state index is 0.132. The number of carbonyl (C=O) groups is 4. The maximum absolute atomic E-state index is 11.6. The van der Waals surface area contributed by atoms with Gasteiger partial charge in [0.1, 0.15) is 0 Å². The first-order valence-electron chi connectivity index (χ1n) is 5.76. The second-order valence-corrected chi connectivity index (χ2v) is 6.01. The number of nitrogens with two attached hydrogens (primary N) is 1. The Morgan fingerprint density at radius 2 is 1.86 bits per heavy atom. The molecule has 21 heavy (non-hydrogen) atoms. The van der Waals surface area contributed by atoms with Crippen molar-refractivity contribution >= 4 is 48.8 Å². The number of rotatable bonds is 10. The Kier molecular flexibility index (Phi) is 9.80. The molecule has 0 spiro atoms. The number of carboxylic acids is 2. The van der Waals surface area contributed by atoms with Crippen LogP contribution >= 0.6 is 10.2 Å². The summed E-state index contributed by atoms with van der Waals surface area (Å²) in [5, 5.41) is 25.1. The molecular weight excluding hydrogens is 369 g/mol. The van der Waals surface area contributed by atoms with Gasteiger partial charge < -0.3 is 0 Å². The summed E-state index contributed by atoms with van der Waals surface area (Å²) in [7, 11) is 1.15. The van der Waals surface area contributed by atoms with Crippen LogP contribution in [0.4, 0.5) is 0 Å². The number of aliphatic carboxylic acids is 2. The van der Waals surface area contributed by atoms with Crippen molar-refractivity contribution in [2.45, 2.75) is 24.9 Å². The molecule has 0 radical (unpaired) electrons. The molecule has 0 heterocycles. The van der Waals surface area contributed by atoms with E-state index in [1.807, 2.05) is 0 Å². The molecule has 11 heteroatoms. The average Bonchev–Trinajstić information content (AvgIpc) is 2.41. The van der Waals surface area contributed by atoms with E-state index in [-0.39, 0.29) is 18.6 Å². The first-order chi connectivity index (χ1) is 9.77. The predicted molar refractivity (Wildman–Crippen MR) is 70.4 cm³/mol. The normalized spacial score (nSPS) is 13.0. The third-order valence-electron chi connectivity index (χ3n) is 2.28. The van der Waals surface area contributed by atoms with Gasteiger partial charge in [0, 0.05) is 0 Å². The Morgan fingerprint density at radius 1 is 1.24 bits per heavy atom. The maximum atomic E-state index is 11.6. The van der Waals surface area contributed by atoms with E-state index in [4.69, 9.17) is 5.73 Å². The van der Waals surface area contributed by atoms with Gasteiger partial charge in [-0.15, -0.1) is 0 Å². The van der Waals surface area contributed by atoms with Crippen LogP contribution in [0, 0.1) is 0 Å². The van der Waals surface area contributed by atoms with E-state index >= 15 is 0 Å². The Bertz CT molecular complexity index is 408. The third kappa shape index (κ3) is 9.29. The first-order valence-corrected chi connectivity index (χ1v) is 8.77. The van der Waals surface area contributed by atoms with E-state index in [9.17, 15) is 29.4 Å². The molecule has 0 aromatic heterocycles. The van der Waals surface area contributed by atoms with Crippen molar-refractivity contribution in [2.75, 3.05) is 12.3 Å². The van der Waals surface area contributed by atoms with E-state index < -0.39 is 42.4 Å². The van der Waals surface area contributed by atoms with Crippen molar-refractivity contribution in [3.63, 3.8) is 0 Å². The van der Waals surface area contributed by atoms with Gasteiger partial charge in [-0.05, 0) is 0 Å². The van der Waals surface area contributed by atoms with Crippen LogP contribution in [-0.4, -0.2) is 63.0 Å². The first kappa shape index (κ1) is 19.7. The van der Waals surface area contributed by atoms with Gasteiger partial charge in [-0.25, -0.2) is 0 Å². The zero-order chi connectivity index (χ0) is 16.4. The van der Waals surface area contributed by atoms with Gasteiger partial charge in [0.15, 0.2) is 0 Å². The van der Waals surface area contributed by atoms with E-state index in [1.165, 1.54) is 0 Å². The van der Waals surface area contributed by atoms with Crippen molar-refractivity contribution in [1.29, 1.82) is 0 Å². The van der Waals surface area contributed by atoms with E-state index in [1.54, 1.807) is 0 Å². The zero-order valence-corrected chi connectivity index (χ0v) is 13.4. The van der Waals surface area contributed by atoms with Crippen molar-refractivity contribution < 1.29 is 29.4 Å². The molecule has 9 nitrogen and oxygen atoms in total. The van der Waals surface area contributed by atoms with E-state index in [2.05, 4.69) is 25.5 Å². The summed E-state index contributed by atoms with van der Waals surface area (Å²) < 4.78 is 0. The Balaban J connectivity index is 4.35. The summed E-state index contributed by atoms with van der Waals surface area (Å²) in [4.78, 5) is 43.9. The van der Waals surface area contributed by atoms with Crippen molar-refractivity contribution in [3.05, 3.63) is 0 Å². The number of hydrogen-bond donors (Lipinski definition) is 3. The van der Waals surface area contributed by atoms with Crippen LogP contribution in [0.25, 0.3) is 0 Å². The van der Waals surface area contributed by atoms with E-state index in [0.29, 0.717) is 0 Å². The minimum atomic E-state index is -1.47. The van der Waals surface area contributed by atoms with Crippen molar-refractivity contribution in [1.82, 2.24) is 10.6 Å². The molecule has 120 valence electrons. The number of carboxylic acid groups (broad SMARTS) is 2. The summed E-state index contributed by atoms with van der Waals surface area (Å²) in [6.07, 6.45) is -0.329. The summed E-state index contributed by atoms with van der Waals surface area (Å²) in [5.41, 5.74) is 5.19. The van der Waals surface area contributed by atoms with E-state index in [0.717, 1.165) is 10.2 Å². The zero-order valence-electron chi connectivity index (χ0n) is 10.8.